The number of hydrogen-bond acceptors (Lipinski definition) is 3. The highest BCUT2D eigenvalue weighted by Gasteiger charge is 2.16. The number of nitrogens with zero attached hydrogens (tertiary/aromatic N) is 2. The number of aryl methyl sites for hydroxylation is 1. The van der Waals surface area contributed by atoms with Gasteiger partial charge in [0, 0.05) is 35.9 Å². The summed E-state index contributed by atoms with van der Waals surface area (Å²) in [5.74, 6) is 0.901. The lowest BCUT2D eigenvalue weighted by Crippen LogP contribution is -2.18. The summed E-state index contributed by atoms with van der Waals surface area (Å²) < 4.78 is 5.77. The van der Waals surface area contributed by atoms with Crippen molar-refractivity contribution in [3.63, 3.8) is 0 Å². The van der Waals surface area contributed by atoms with Crippen molar-refractivity contribution in [2.24, 2.45) is 0 Å². The molecule has 1 aromatic carbocycles. The lowest BCUT2D eigenvalue weighted by atomic mass is 10.1. The molecule has 0 spiro atoms. The highest BCUT2D eigenvalue weighted by Crippen LogP contribution is 2.31. The molecule has 0 N–H and O–H groups in total. The van der Waals surface area contributed by atoms with Crippen LogP contribution < -0.4 is 9.64 Å². The number of fused-ring (bicyclic) bond motifs is 1. The second kappa shape index (κ2) is 5.31. The van der Waals surface area contributed by atoms with Crippen molar-refractivity contribution in [2.75, 3.05) is 18.0 Å². The van der Waals surface area contributed by atoms with Crippen LogP contribution in [0.2, 0.25) is 0 Å². The first-order chi connectivity index (χ1) is 9.63. The van der Waals surface area contributed by atoms with Crippen LogP contribution >= 0.6 is 0 Å². The maximum Gasteiger partial charge on any atom is 0.121 e. The molecule has 1 aliphatic heterocycles. The van der Waals surface area contributed by atoms with Crippen LogP contribution in [0.4, 0.5) is 5.69 Å². The van der Waals surface area contributed by atoms with Gasteiger partial charge in [0.15, 0.2) is 0 Å². The zero-order chi connectivity index (χ0) is 14.1. The Balaban J connectivity index is 2.07. The lowest BCUT2D eigenvalue weighted by Gasteiger charge is -2.20. The SMILES string of the molecule is Cc1cc(N2CCCC2)c2ccc(OC(C)C)cc2n1. The summed E-state index contributed by atoms with van der Waals surface area (Å²) in [7, 11) is 0. The van der Waals surface area contributed by atoms with Crippen molar-refractivity contribution in [3.8, 4) is 5.75 Å². The van der Waals surface area contributed by atoms with E-state index in [1.54, 1.807) is 0 Å². The van der Waals surface area contributed by atoms with Gasteiger partial charge in [0.25, 0.3) is 0 Å². The van der Waals surface area contributed by atoms with Gasteiger partial charge in [0.2, 0.25) is 0 Å². The number of pyridine rings is 1. The summed E-state index contributed by atoms with van der Waals surface area (Å²) in [6, 6.07) is 8.46. The molecule has 0 unspecified atom stereocenters. The normalized spacial score (nSPS) is 15.3. The molecule has 1 fully saturated rings. The number of hydrogen-bond donors (Lipinski definition) is 0. The van der Waals surface area contributed by atoms with E-state index in [1.807, 2.05) is 13.8 Å². The highest BCUT2D eigenvalue weighted by molar-refractivity contribution is 5.93. The molecule has 2 heterocycles. The van der Waals surface area contributed by atoms with Crippen molar-refractivity contribution < 1.29 is 4.74 Å². The Hall–Kier alpha value is -1.77. The van der Waals surface area contributed by atoms with Gasteiger partial charge < -0.3 is 9.64 Å². The summed E-state index contributed by atoms with van der Waals surface area (Å²) in [5, 5.41) is 1.23. The first kappa shape index (κ1) is 13.2. The van der Waals surface area contributed by atoms with Crippen LogP contribution in [0.3, 0.4) is 0 Å². The number of ether oxygens (including phenoxy) is 1. The first-order valence-electron chi connectivity index (χ1n) is 7.46. The Labute approximate surface area is 120 Å². The van der Waals surface area contributed by atoms with E-state index in [9.17, 15) is 0 Å². The molecule has 20 heavy (non-hydrogen) atoms. The molecule has 106 valence electrons. The number of aromatic nitrogens is 1. The second-order valence-corrected chi connectivity index (χ2v) is 5.82. The van der Waals surface area contributed by atoms with E-state index in [0.717, 1.165) is 30.0 Å². The van der Waals surface area contributed by atoms with Crippen LogP contribution in [-0.2, 0) is 0 Å². The van der Waals surface area contributed by atoms with Crippen molar-refractivity contribution >= 4 is 16.6 Å². The van der Waals surface area contributed by atoms with Gasteiger partial charge in [0.1, 0.15) is 5.75 Å². The molecule has 3 heteroatoms. The molecule has 0 amide bonds. The van der Waals surface area contributed by atoms with Crippen molar-refractivity contribution in [1.82, 2.24) is 4.98 Å². The Morgan fingerprint density at radius 1 is 1.15 bits per heavy atom. The fraction of sp³-hybridized carbons (Fsp3) is 0.471. The van der Waals surface area contributed by atoms with Gasteiger partial charge in [-0.2, -0.15) is 0 Å². The lowest BCUT2D eigenvalue weighted by molar-refractivity contribution is 0.242. The molecular weight excluding hydrogens is 248 g/mol. The quantitative estimate of drug-likeness (QED) is 0.845. The molecule has 0 bridgehead atoms. The molecule has 1 aliphatic rings. The molecule has 2 aromatic rings. The maximum atomic E-state index is 5.77. The fourth-order valence-corrected chi connectivity index (χ4v) is 2.88. The summed E-state index contributed by atoms with van der Waals surface area (Å²) in [4.78, 5) is 7.14. The predicted molar refractivity (Wildman–Crippen MR) is 83.7 cm³/mol. The third-order valence-corrected chi connectivity index (χ3v) is 3.71. The number of benzene rings is 1. The topological polar surface area (TPSA) is 25.4 Å². The van der Waals surface area contributed by atoms with Crippen LogP contribution in [0.25, 0.3) is 10.9 Å². The average molecular weight is 270 g/mol. The van der Waals surface area contributed by atoms with E-state index < -0.39 is 0 Å². The molecule has 3 nitrogen and oxygen atoms in total. The predicted octanol–water partition coefficient (Wildman–Crippen LogP) is 3.93. The molecular formula is C17H22N2O. The van der Waals surface area contributed by atoms with Gasteiger partial charge in [0.05, 0.1) is 11.6 Å². The smallest absolute Gasteiger partial charge is 0.121 e. The van der Waals surface area contributed by atoms with E-state index in [2.05, 4.69) is 41.1 Å². The second-order valence-electron chi connectivity index (χ2n) is 5.82. The molecule has 1 aromatic heterocycles. The molecule has 1 saturated heterocycles. The van der Waals surface area contributed by atoms with E-state index in [-0.39, 0.29) is 6.10 Å². The highest BCUT2D eigenvalue weighted by atomic mass is 16.5. The molecule has 3 rings (SSSR count). The van der Waals surface area contributed by atoms with Crippen molar-refractivity contribution in [3.05, 3.63) is 30.0 Å². The summed E-state index contributed by atoms with van der Waals surface area (Å²) in [5.41, 5.74) is 3.42. The van der Waals surface area contributed by atoms with Crippen LogP contribution in [0, 0.1) is 6.92 Å². The van der Waals surface area contributed by atoms with Crippen LogP contribution in [0.1, 0.15) is 32.4 Å². The van der Waals surface area contributed by atoms with Crippen LogP contribution in [0.5, 0.6) is 5.75 Å². The summed E-state index contributed by atoms with van der Waals surface area (Å²) in [6.45, 7) is 8.47. The maximum absolute atomic E-state index is 5.77. The zero-order valence-corrected chi connectivity index (χ0v) is 12.5. The van der Waals surface area contributed by atoms with Crippen molar-refractivity contribution in [1.29, 1.82) is 0 Å². The minimum atomic E-state index is 0.190. The monoisotopic (exact) mass is 270 g/mol. The Morgan fingerprint density at radius 3 is 2.60 bits per heavy atom. The van der Waals surface area contributed by atoms with E-state index in [4.69, 9.17) is 4.74 Å². The van der Waals surface area contributed by atoms with E-state index in [1.165, 1.54) is 23.9 Å². The standard InChI is InChI=1S/C17H22N2O/c1-12(2)20-14-6-7-15-16(11-14)18-13(3)10-17(15)19-8-4-5-9-19/h6-7,10-12H,4-5,8-9H2,1-3H3. The Morgan fingerprint density at radius 2 is 1.90 bits per heavy atom. The summed E-state index contributed by atoms with van der Waals surface area (Å²) >= 11 is 0. The minimum absolute atomic E-state index is 0.190. The van der Waals surface area contributed by atoms with Crippen LogP contribution in [0.15, 0.2) is 24.3 Å². The van der Waals surface area contributed by atoms with Gasteiger partial charge in [-0.05, 0) is 51.8 Å². The van der Waals surface area contributed by atoms with Gasteiger partial charge >= 0.3 is 0 Å². The Kier molecular flexibility index (Phi) is 3.51. The third-order valence-electron chi connectivity index (χ3n) is 3.71. The molecule has 0 saturated carbocycles. The van der Waals surface area contributed by atoms with E-state index >= 15 is 0 Å². The fourth-order valence-electron chi connectivity index (χ4n) is 2.88. The zero-order valence-electron chi connectivity index (χ0n) is 12.5. The third kappa shape index (κ3) is 2.58. The molecule has 0 atom stereocenters. The first-order valence-corrected chi connectivity index (χ1v) is 7.46. The van der Waals surface area contributed by atoms with E-state index in [0.29, 0.717) is 0 Å². The van der Waals surface area contributed by atoms with Gasteiger partial charge in [-0.25, -0.2) is 0 Å². The van der Waals surface area contributed by atoms with Crippen LogP contribution in [-0.4, -0.2) is 24.2 Å². The molecule has 0 aliphatic carbocycles. The van der Waals surface area contributed by atoms with Gasteiger partial charge in [-0.1, -0.05) is 0 Å². The largest absolute Gasteiger partial charge is 0.491 e. The van der Waals surface area contributed by atoms with Crippen molar-refractivity contribution in [2.45, 2.75) is 39.7 Å². The minimum Gasteiger partial charge on any atom is -0.491 e. The molecule has 0 radical (unpaired) electrons. The van der Waals surface area contributed by atoms with Gasteiger partial charge in [-0.3, -0.25) is 4.98 Å². The Bertz CT molecular complexity index is 616. The number of anilines is 1. The summed E-state index contributed by atoms with van der Waals surface area (Å²) in [6.07, 6.45) is 2.77. The number of rotatable bonds is 3. The van der Waals surface area contributed by atoms with Gasteiger partial charge in [-0.15, -0.1) is 0 Å². The average Bonchev–Trinajstić information content (AvgIpc) is 2.90.